The van der Waals surface area contributed by atoms with Gasteiger partial charge in [-0.3, -0.25) is 19.3 Å². The Bertz CT molecular complexity index is 496. The van der Waals surface area contributed by atoms with Gasteiger partial charge in [0, 0.05) is 18.9 Å². The molecule has 1 fully saturated rings. The predicted octanol–water partition coefficient (Wildman–Crippen LogP) is 1.33. The van der Waals surface area contributed by atoms with Gasteiger partial charge in [0.2, 0.25) is 17.7 Å². The van der Waals surface area contributed by atoms with Gasteiger partial charge in [-0.05, 0) is 42.7 Å². The Balaban J connectivity index is 1.90. The standard InChI is InChI=1S/C14H18N2O3S/c1-9(7-11-5-6-20-8-11)15-14(19)10(2)16-12(17)3-4-13(16)18/h5-6,8-10H,3-4,7H2,1-2H3,(H,15,19)/t9-,10-/m1/s1. The summed E-state index contributed by atoms with van der Waals surface area (Å²) in [4.78, 5) is 36.4. The highest BCUT2D eigenvalue weighted by atomic mass is 32.1. The van der Waals surface area contributed by atoms with Crippen molar-refractivity contribution in [3.05, 3.63) is 22.4 Å². The predicted molar refractivity (Wildman–Crippen MR) is 76.2 cm³/mol. The zero-order valence-corrected chi connectivity index (χ0v) is 12.4. The second kappa shape index (κ2) is 6.17. The highest BCUT2D eigenvalue weighted by molar-refractivity contribution is 7.07. The first-order valence-corrected chi connectivity index (χ1v) is 7.59. The quantitative estimate of drug-likeness (QED) is 0.833. The van der Waals surface area contributed by atoms with Crippen LogP contribution in [0.5, 0.6) is 0 Å². The number of carbonyl (C=O) groups excluding carboxylic acids is 3. The fourth-order valence-corrected chi connectivity index (χ4v) is 3.00. The molecular weight excluding hydrogens is 276 g/mol. The van der Waals surface area contributed by atoms with E-state index in [0.29, 0.717) is 0 Å². The summed E-state index contributed by atoms with van der Waals surface area (Å²) in [6, 6.07) is 1.25. The van der Waals surface area contributed by atoms with E-state index in [1.54, 1.807) is 18.3 Å². The van der Waals surface area contributed by atoms with Gasteiger partial charge < -0.3 is 5.32 Å². The minimum Gasteiger partial charge on any atom is -0.352 e. The summed E-state index contributed by atoms with van der Waals surface area (Å²) >= 11 is 1.62. The maximum atomic E-state index is 12.1. The maximum Gasteiger partial charge on any atom is 0.243 e. The molecule has 0 aliphatic carbocycles. The van der Waals surface area contributed by atoms with Crippen LogP contribution >= 0.6 is 11.3 Å². The second-order valence-electron chi connectivity index (χ2n) is 5.08. The molecule has 1 aromatic heterocycles. The number of nitrogens with one attached hydrogen (secondary N) is 1. The van der Waals surface area contributed by atoms with E-state index in [0.717, 1.165) is 11.3 Å². The van der Waals surface area contributed by atoms with Crippen molar-refractivity contribution in [3.63, 3.8) is 0 Å². The molecule has 2 rings (SSSR count). The van der Waals surface area contributed by atoms with Gasteiger partial charge in [-0.15, -0.1) is 0 Å². The fourth-order valence-electron chi connectivity index (χ4n) is 2.32. The van der Waals surface area contributed by atoms with Gasteiger partial charge in [-0.1, -0.05) is 0 Å². The molecule has 0 bridgehead atoms. The molecule has 0 radical (unpaired) electrons. The van der Waals surface area contributed by atoms with Gasteiger partial charge in [0.05, 0.1) is 0 Å². The van der Waals surface area contributed by atoms with Crippen molar-refractivity contribution in [3.8, 4) is 0 Å². The third kappa shape index (κ3) is 3.25. The van der Waals surface area contributed by atoms with E-state index >= 15 is 0 Å². The van der Waals surface area contributed by atoms with Crippen LogP contribution in [0.1, 0.15) is 32.3 Å². The zero-order valence-electron chi connectivity index (χ0n) is 11.6. The molecular formula is C14H18N2O3S. The van der Waals surface area contributed by atoms with Crippen LogP contribution in [0.15, 0.2) is 16.8 Å². The molecule has 6 heteroatoms. The number of thiophene rings is 1. The van der Waals surface area contributed by atoms with E-state index in [4.69, 9.17) is 0 Å². The topological polar surface area (TPSA) is 66.5 Å². The molecule has 5 nitrogen and oxygen atoms in total. The first kappa shape index (κ1) is 14.7. The molecule has 0 saturated carbocycles. The molecule has 108 valence electrons. The van der Waals surface area contributed by atoms with Crippen molar-refractivity contribution < 1.29 is 14.4 Å². The number of amides is 3. The van der Waals surface area contributed by atoms with Crippen LogP contribution in [0.4, 0.5) is 0 Å². The Morgan fingerprint density at radius 3 is 2.55 bits per heavy atom. The van der Waals surface area contributed by atoms with Crippen LogP contribution < -0.4 is 5.32 Å². The Labute approximate surface area is 122 Å². The van der Waals surface area contributed by atoms with Crippen molar-refractivity contribution >= 4 is 29.1 Å². The summed E-state index contributed by atoms with van der Waals surface area (Å²) in [5, 5.41) is 6.89. The lowest BCUT2D eigenvalue weighted by molar-refractivity contribution is -0.146. The first-order valence-electron chi connectivity index (χ1n) is 6.65. The molecule has 1 aromatic rings. The maximum absolute atomic E-state index is 12.1. The summed E-state index contributed by atoms with van der Waals surface area (Å²) in [7, 11) is 0. The van der Waals surface area contributed by atoms with Crippen LogP contribution in [-0.4, -0.2) is 34.7 Å². The Kier molecular flexibility index (Phi) is 4.54. The van der Waals surface area contributed by atoms with Gasteiger partial charge in [0.25, 0.3) is 0 Å². The normalized spacial score (nSPS) is 18.2. The van der Waals surface area contributed by atoms with Crippen molar-refractivity contribution in [2.75, 3.05) is 0 Å². The third-order valence-electron chi connectivity index (χ3n) is 3.37. The average molecular weight is 294 g/mol. The number of rotatable bonds is 5. The van der Waals surface area contributed by atoms with Crippen molar-refractivity contribution in [1.29, 1.82) is 0 Å². The second-order valence-corrected chi connectivity index (χ2v) is 5.86. The van der Waals surface area contributed by atoms with Crippen LogP contribution in [0.2, 0.25) is 0 Å². The average Bonchev–Trinajstić information content (AvgIpc) is 2.99. The number of likely N-dealkylation sites (tertiary alicyclic amines) is 1. The summed E-state index contributed by atoms with van der Waals surface area (Å²) in [5.41, 5.74) is 1.17. The van der Waals surface area contributed by atoms with Crippen LogP contribution in [0.3, 0.4) is 0 Å². The van der Waals surface area contributed by atoms with Crippen molar-refractivity contribution in [2.45, 2.75) is 45.2 Å². The Morgan fingerprint density at radius 1 is 1.35 bits per heavy atom. The fraction of sp³-hybridized carbons (Fsp3) is 0.500. The highest BCUT2D eigenvalue weighted by Gasteiger charge is 2.36. The van der Waals surface area contributed by atoms with Gasteiger partial charge in [-0.2, -0.15) is 11.3 Å². The van der Waals surface area contributed by atoms with Crippen LogP contribution in [0.25, 0.3) is 0 Å². The molecule has 0 unspecified atom stereocenters. The smallest absolute Gasteiger partial charge is 0.243 e. The lowest BCUT2D eigenvalue weighted by Crippen LogP contribution is -2.49. The number of imide groups is 1. The highest BCUT2D eigenvalue weighted by Crippen LogP contribution is 2.15. The molecule has 1 aliphatic rings. The molecule has 20 heavy (non-hydrogen) atoms. The van der Waals surface area contributed by atoms with Gasteiger partial charge >= 0.3 is 0 Å². The third-order valence-corrected chi connectivity index (χ3v) is 4.10. The summed E-state index contributed by atoms with van der Waals surface area (Å²) in [5.74, 6) is -0.803. The largest absolute Gasteiger partial charge is 0.352 e. The first-order chi connectivity index (χ1) is 9.49. The van der Waals surface area contributed by atoms with E-state index in [9.17, 15) is 14.4 Å². The van der Waals surface area contributed by atoms with Gasteiger partial charge in [-0.25, -0.2) is 0 Å². The number of hydrogen-bond donors (Lipinski definition) is 1. The molecule has 2 atom stereocenters. The zero-order chi connectivity index (χ0) is 14.7. The Morgan fingerprint density at radius 2 is 2.00 bits per heavy atom. The van der Waals surface area contributed by atoms with Crippen LogP contribution in [0, 0.1) is 0 Å². The van der Waals surface area contributed by atoms with Crippen molar-refractivity contribution in [2.24, 2.45) is 0 Å². The summed E-state index contributed by atoms with van der Waals surface area (Å²) in [6.45, 7) is 3.50. The Hall–Kier alpha value is -1.69. The monoisotopic (exact) mass is 294 g/mol. The number of hydrogen-bond acceptors (Lipinski definition) is 4. The lowest BCUT2D eigenvalue weighted by atomic mass is 10.1. The minimum atomic E-state index is -0.734. The molecule has 1 N–H and O–H groups in total. The molecule has 0 aromatic carbocycles. The van der Waals surface area contributed by atoms with E-state index in [-0.39, 0.29) is 36.6 Å². The molecule has 1 aliphatic heterocycles. The lowest BCUT2D eigenvalue weighted by Gasteiger charge is -2.23. The summed E-state index contributed by atoms with van der Waals surface area (Å²) < 4.78 is 0. The van der Waals surface area contributed by atoms with Crippen molar-refractivity contribution in [1.82, 2.24) is 10.2 Å². The molecule has 1 saturated heterocycles. The van der Waals surface area contributed by atoms with E-state index < -0.39 is 6.04 Å². The van der Waals surface area contributed by atoms with E-state index in [1.165, 1.54) is 5.56 Å². The van der Waals surface area contributed by atoms with Gasteiger partial charge in [0.1, 0.15) is 6.04 Å². The van der Waals surface area contributed by atoms with Crippen LogP contribution in [-0.2, 0) is 20.8 Å². The number of nitrogens with zero attached hydrogens (tertiary/aromatic N) is 1. The molecule has 3 amide bonds. The summed E-state index contributed by atoms with van der Waals surface area (Å²) in [6.07, 6.45) is 1.16. The SMILES string of the molecule is C[C@H](Cc1ccsc1)NC(=O)[C@@H](C)N1C(=O)CCC1=O. The molecule has 0 spiro atoms. The van der Waals surface area contributed by atoms with E-state index in [2.05, 4.69) is 5.32 Å². The number of carbonyl (C=O) groups is 3. The molecule has 2 heterocycles. The van der Waals surface area contributed by atoms with Gasteiger partial charge in [0.15, 0.2) is 0 Å². The minimum absolute atomic E-state index is 0.0349. The van der Waals surface area contributed by atoms with E-state index in [1.807, 2.05) is 23.8 Å².